The predicted molar refractivity (Wildman–Crippen MR) is 75.0 cm³/mol. The lowest BCUT2D eigenvalue weighted by Crippen LogP contribution is -2.18. The molecule has 2 aromatic rings. The summed E-state index contributed by atoms with van der Waals surface area (Å²) in [6, 6.07) is 6.26. The highest BCUT2D eigenvalue weighted by Gasteiger charge is 2.09. The molecule has 1 N–H and O–H groups in total. The van der Waals surface area contributed by atoms with Crippen molar-refractivity contribution < 1.29 is 9.15 Å². The van der Waals surface area contributed by atoms with Crippen molar-refractivity contribution in [2.24, 2.45) is 0 Å². The van der Waals surface area contributed by atoms with E-state index >= 15 is 0 Å². The number of benzene rings is 1. The summed E-state index contributed by atoms with van der Waals surface area (Å²) in [6.07, 6.45) is 1.70. The Morgan fingerprint density at radius 2 is 2.16 bits per heavy atom. The molecule has 0 radical (unpaired) electrons. The maximum Gasteiger partial charge on any atom is 0.226 e. The zero-order valence-electron chi connectivity index (χ0n) is 11.7. The summed E-state index contributed by atoms with van der Waals surface area (Å²) in [4.78, 5) is 4.50. The molecular formula is C15H20N2O2. The van der Waals surface area contributed by atoms with Crippen molar-refractivity contribution in [3.63, 3.8) is 0 Å². The number of ether oxygens (including phenoxy) is 1. The molecule has 0 aliphatic carbocycles. The van der Waals surface area contributed by atoms with E-state index in [-0.39, 0.29) is 0 Å². The van der Waals surface area contributed by atoms with Crippen molar-refractivity contribution in [2.75, 3.05) is 20.3 Å². The van der Waals surface area contributed by atoms with Crippen LogP contribution in [-0.2, 0) is 11.3 Å². The van der Waals surface area contributed by atoms with Gasteiger partial charge in [0.15, 0.2) is 0 Å². The number of nitrogens with one attached hydrogen (secondary N) is 1. The lowest BCUT2D eigenvalue weighted by Gasteiger charge is -2.02. The first-order chi connectivity index (χ1) is 9.20. The van der Waals surface area contributed by atoms with Crippen LogP contribution in [0.25, 0.3) is 11.5 Å². The molecule has 0 aliphatic heterocycles. The molecule has 0 saturated heterocycles. The van der Waals surface area contributed by atoms with Gasteiger partial charge in [-0.15, -0.1) is 0 Å². The number of aryl methyl sites for hydroxylation is 2. The summed E-state index contributed by atoms with van der Waals surface area (Å²) in [5.41, 5.74) is 4.38. The van der Waals surface area contributed by atoms with Crippen LogP contribution in [0, 0.1) is 13.8 Å². The second-order valence-electron chi connectivity index (χ2n) is 4.63. The fourth-order valence-corrected chi connectivity index (χ4v) is 1.96. The lowest BCUT2D eigenvalue weighted by molar-refractivity contribution is 0.199. The maximum atomic E-state index is 5.55. The van der Waals surface area contributed by atoms with Crippen molar-refractivity contribution in [3.8, 4) is 11.5 Å². The van der Waals surface area contributed by atoms with E-state index < -0.39 is 0 Å². The molecule has 19 heavy (non-hydrogen) atoms. The monoisotopic (exact) mass is 260 g/mol. The molecule has 0 spiro atoms. The maximum absolute atomic E-state index is 5.55. The van der Waals surface area contributed by atoms with Crippen molar-refractivity contribution in [1.82, 2.24) is 10.3 Å². The molecule has 2 rings (SSSR count). The largest absolute Gasteiger partial charge is 0.444 e. The number of rotatable bonds is 6. The molecule has 0 saturated carbocycles. The number of hydrogen-bond donors (Lipinski definition) is 1. The highest BCUT2D eigenvalue weighted by Crippen LogP contribution is 2.23. The summed E-state index contributed by atoms with van der Waals surface area (Å²) in [6.45, 7) is 6.35. The minimum absolute atomic E-state index is 0.682. The summed E-state index contributed by atoms with van der Waals surface area (Å²) in [5, 5.41) is 3.24. The Balaban J connectivity index is 2.04. The van der Waals surface area contributed by atoms with Gasteiger partial charge in [0.1, 0.15) is 6.26 Å². The van der Waals surface area contributed by atoms with E-state index in [1.54, 1.807) is 13.4 Å². The average molecular weight is 260 g/mol. The molecule has 1 aromatic heterocycles. The third-order valence-electron chi connectivity index (χ3n) is 2.95. The smallest absolute Gasteiger partial charge is 0.226 e. The molecule has 0 amide bonds. The van der Waals surface area contributed by atoms with E-state index in [0.717, 1.165) is 17.8 Å². The zero-order valence-corrected chi connectivity index (χ0v) is 11.7. The first kappa shape index (κ1) is 13.8. The zero-order chi connectivity index (χ0) is 13.7. The van der Waals surface area contributed by atoms with Crippen LogP contribution in [0.3, 0.4) is 0 Å². The first-order valence-corrected chi connectivity index (χ1v) is 6.42. The molecule has 1 aromatic carbocycles. The van der Waals surface area contributed by atoms with Crippen molar-refractivity contribution in [3.05, 3.63) is 41.3 Å². The molecule has 102 valence electrons. The van der Waals surface area contributed by atoms with Crippen LogP contribution in [0.15, 0.2) is 28.9 Å². The van der Waals surface area contributed by atoms with Gasteiger partial charge in [-0.25, -0.2) is 4.98 Å². The quantitative estimate of drug-likeness (QED) is 0.811. The fraction of sp³-hybridized carbons (Fsp3) is 0.400. The van der Waals surface area contributed by atoms with Gasteiger partial charge in [0.2, 0.25) is 5.89 Å². The van der Waals surface area contributed by atoms with Gasteiger partial charge in [-0.05, 0) is 25.5 Å². The van der Waals surface area contributed by atoms with Gasteiger partial charge in [0.05, 0.1) is 12.3 Å². The first-order valence-electron chi connectivity index (χ1n) is 6.42. The second-order valence-corrected chi connectivity index (χ2v) is 4.63. The van der Waals surface area contributed by atoms with E-state index in [0.29, 0.717) is 19.0 Å². The van der Waals surface area contributed by atoms with Gasteiger partial charge in [0, 0.05) is 25.8 Å². The summed E-state index contributed by atoms with van der Waals surface area (Å²) >= 11 is 0. The lowest BCUT2D eigenvalue weighted by atomic mass is 10.1. The van der Waals surface area contributed by atoms with E-state index in [4.69, 9.17) is 9.15 Å². The Hall–Kier alpha value is -1.65. The van der Waals surface area contributed by atoms with Crippen molar-refractivity contribution >= 4 is 0 Å². The van der Waals surface area contributed by atoms with Gasteiger partial charge in [-0.3, -0.25) is 0 Å². The number of nitrogens with zero attached hydrogens (tertiary/aromatic N) is 1. The number of aromatic nitrogens is 1. The Kier molecular flexibility index (Phi) is 4.71. The predicted octanol–water partition coefficient (Wildman–Crippen LogP) is 2.69. The van der Waals surface area contributed by atoms with E-state index in [1.165, 1.54) is 11.1 Å². The summed E-state index contributed by atoms with van der Waals surface area (Å²) in [5.74, 6) is 0.682. The highest BCUT2D eigenvalue weighted by atomic mass is 16.5. The molecule has 0 fully saturated rings. The van der Waals surface area contributed by atoms with E-state index in [9.17, 15) is 0 Å². The third-order valence-corrected chi connectivity index (χ3v) is 2.95. The van der Waals surface area contributed by atoms with E-state index in [1.807, 2.05) is 0 Å². The molecule has 0 unspecified atom stereocenters. The number of oxazole rings is 1. The minimum atomic E-state index is 0.682. The van der Waals surface area contributed by atoms with Gasteiger partial charge < -0.3 is 14.5 Å². The Morgan fingerprint density at radius 3 is 2.89 bits per heavy atom. The Bertz CT molecular complexity index is 535. The van der Waals surface area contributed by atoms with Crippen LogP contribution in [0.4, 0.5) is 0 Å². The SMILES string of the molecule is COCCNCc1coc(-c2ccc(C)cc2C)n1. The number of methoxy groups -OCH3 is 1. The summed E-state index contributed by atoms with van der Waals surface area (Å²) in [7, 11) is 1.69. The fourth-order valence-electron chi connectivity index (χ4n) is 1.96. The van der Waals surface area contributed by atoms with Gasteiger partial charge in [0.25, 0.3) is 0 Å². The van der Waals surface area contributed by atoms with Crippen LogP contribution >= 0.6 is 0 Å². The van der Waals surface area contributed by atoms with Gasteiger partial charge in [-0.2, -0.15) is 0 Å². The molecule has 0 atom stereocenters. The van der Waals surface area contributed by atoms with Gasteiger partial charge in [-0.1, -0.05) is 17.7 Å². The Labute approximate surface area is 113 Å². The van der Waals surface area contributed by atoms with Crippen LogP contribution in [0.1, 0.15) is 16.8 Å². The van der Waals surface area contributed by atoms with Crippen LogP contribution in [-0.4, -0.2) is 25.2 Å². The Morgan fingerprint density at radius 1 is 1.32 bits per heavy atom. The van der Waals surface area contributed by atoms with Gasteiger partial charge >= 0.3 is 0 Å². The topological polar surface area (TPSA) is 47.3 Å². The van der Waals surface area contributed by atoms with Crippen LogP contribution < -0.4 is 5.32 Å². The van der Waals surface area contributed by atoms with Crippen molar-refractivity contribution in [1.29, 1.82) is 0 Å². The molecule has 4 nitrogen and oxygen atoms in total. The highest BCUT2D eigenvalue weighted by molar-refractivity contribution is 5.59. The van der Waals surface area contributed by atoms with E-state index in [2.05, 4.69) is 42.3 Å². The standard InChI is InChI=1S/C15H20N2O2/c1-11-4-5-14(12(2)8-11)15-17-13(10-19-15)9-16-6-7-18-3/h4-5,8,10,16H,6-7,9H2,1-3H3. The molecule has 0 aliphatic rings. The average Bonchev–Trinajstić information content (AvgIpc) is 2.83. The normalized spacial score (nSPS) is 10.9. The molecular weight excluding hydrogens is 240 g/mol. The van der Waals surface area contributed by atoms with Crippen LogP contribution in [0.5, 0.6) is 0 Å². The summed E-state index contributed by atoms with van der Waals surface area (Å²) < 4.78 is 10.5. The molecule has 4 heteroatoms. The molecule has 1 heterocycles. The molecule has 0 bridgehead atoms. The van der Waals surface area contributed by atoms with Crippen LogP contribution in [0.2, 0.25) is 0 Å². The third kappa shape index (κ3) is 3.66. The van der Waals surface area contributed by atoms with Crippen molar-refractivity contribution in [2.45, 2.75) is 20.4 Å². The number of hydrogen-bond acceptors (Lipinski definition) is 4. The minimum Gasteiger partial charge on any atom is -0.444 e. The second kappa shape index (κ2) is 6.50.